The van der Waals surface area contributed by atoms with Crippen molar-refractivity contribution < 1.29 is 24.2 Å². The zero-order valence-electron chi connectivity index (χ0n) is 19.0. The minimum Gasteiger partial charge on any atom is -0.480 e. The van der Waals surface area contributed by atoms with E-state index in [9.17, 15) is 14.4 Å². The molecular formula is C27H26N2O5. The maximum absolute atomic E-state index is 12.5. The monoisotopic (exact) mass is 458 g/mol. The maximum atomic E-state index is 12.5. The van der Waals surface area contributed by atoms with Crippen molar-refractivity contribution in [3.05, 3.63) is 89.0 Å². The summed E-state index contributed by atoms with van der Waals surface area (Å²) in [6.45, 7) is 3.64. The van der Waals surface area contributed by atoms with Gasteiger partial charge in [0.2, 0.25) is 0 Å². The van der Waals surface area contributed by atoms with E-state index in [2.05, 4.69) is 34.9 Å². The van der Waals surface area contributed by atoms with Crippen LogP contribution in [0.1, 0.15) is 46.3 Å². The molecule has 0 bridgehead atoms. The molecule has 0 spiro atoms. The predicted molar refractivity (Wildman–Crippen MR) is 129 cm³/mol. The lowest BCUT2D eigenvalue weighted by Crippen LogP contribution is -2.40. The molecule has 0 heterocycles. The second-order valence-electron chi connectivity index (χ2n) is 8.25. The van der Waals surface area contributed by atoms with Crippen LogP contribution in [0.5, 0.6) is 0 Å². The number of amides is 2. The van der Waals surface area contributed by atoms with Gasteiger partial charge in [0.05, 0.1) is 0 Å². The molecule has 1 aliphatic carbocycles. The largest absolute Gasteiger partial charge is 0.480 e. The number of fused-ring (bicyclic) bond motifs is 3. The summed E-state index contributed by atoms with van der Waals surface area (Å²) in [6.07, 6.45) is -0.305. The van der Waals surface area contributed by atoms with Gasteiger partial charge in [0.1, 0.15) is 12.6 Å². The number of aryl methyl sites for hydroxylation is 1. The smallest absolute Gasteiger partial charge is 0.411 e. The van der Waals surface area contributed by atoms with Crippen LogP contribution in [-0.2, 0) is 9.53 Å². The Bertz CT molecular complexity index is 1210. The van der Waals surface area contributed by atoms with Crippen LogP contribution in [0.4, 0.5) is 10.5 Å². The second kappa shape index (κ2) is 9.79. The Balaban J connectivity index is 1.40. The van der Waals surface area contributed by atoms with Gasteiger partial charge in [-0.05, 0) is 59.4 Å². The summed E-state index contributed by atoms with van der Waals surface area (Å²) in [5.41, 5.74) is 6.07. The van der Waals surface area contributed by atoms with Gasteiger partial charge in [0.15, 0.2) is 0 Å². The van der Waals surface area contributed by atoms with Crippen LogP contribution in [-0.4, -0.2) is 35.7 Å². The molecule has 0 saturated heterocycles. The number of nitrogens with one attached hydrogen (secondary N) is 2. The molecule has 7 nitrogen and oxygen atoms in total. The number of hydrogen-bond donors (Lipinski definition) is 3. The fraction of sp³-hybridized carbons (Fsp3) is 0.222. The molecule has 174 valence electrons. The molecule has 4 rings (SSSR count). The van der Waals surface area contributed by atoms with Crippen molar-refractivity contribution in [1.82, 2.24) is 5.32 Å². The third kappa shape index (κ3) is 4.64. The highest BCUT2D eigenvalue weighted by molar-refractivity contribution is 5.97. The Hall–Kier alpha value is -4.13. The van der Waals surface area contributed by atoms with Crippen LogP contribution < -0.4 is 10.6 Å². The molecular weight excluding hydrogens is 432 g/mol. The summed E-state index contributed by atoms with van der Waals surface area (Å²) in [7, 11) is 0. The Labute approximate surface area is 197 Å². The first-order valence-electron chi connectivity index (χ1n) is 11.1. The van der Waals surface area contributed by atoms with Crippen LogP contribution >= 0.6 is 0 Å². The number of carboxylic acid groups (broad SMARTS) is 1. The number of anilines is 1. The van der Waals surface area contributed by atoms with Crippen molar-refractivity contribution in [2.24, 2.45) is 0 Å². The number of hydrogen-bond acceptors (Lipinski definition) is 4. The van der Waals surface area contributed by atoms with Crippen molar-refractivity contribution in [3.8, 4) is 11.1 Å². The maximum Gasteiger partial charge on any atom is 0.411 e. The summed E-state index contributed by atoms with van der Waals surface area (Å²) in [4.78, 5) is 36.1. The number of carbonyl (C=O) groups is 3. The molecule has 3 N–H and O–H groups in total. The van der Waals surface area contributed by atoms with Crippen molar-refractivity contribution in [2.75, 3.05) is 11.9 Å². The molecule has 3 aromatic rings. The lowest BCUT2D eigenvalue weighted by Gasteiger charge is -2.16. The van der Waals surface area contributed by atoms with E-state index in [1.807, 2.05) is 24.3 Å². The Morgan fingerprint density at radius 2 is 1.59 bits per heavy atom. The molecule has 2 amide bonds. The lowest BCUT2D eigenvalue weighted by molar-refractivity contribution is -0.139. The zero-order chi connectivity index (χ0) is 24.2. The van der Waals surface area contributed by atoms with Crippen LogP contribution in [0.2, 0.25) is 0 Å². The standard InChI is InChI=1S/C27H26N2O5/c1-3-23(26(31)32)28-25(30)17-12-13-24(16(2)14-17)29-27(33)34-15-22-20-10-6-4-8-18(20)19-9-5-7-11-21(19)22/h4-14,22-23H,3,15H2,1-2H3,(H,28,30)(H,29,33)(H,31,32)/t23-/m1/s1. The van der Waals surface area contributed by atoms with Gasteiger partial charge in [-0.25, -0.2) is 9.59 Å². The van der Waals surface area contributed by atoms with E-state index < -0.39 is 24.0 Å². The number of carboxylic acids is 1. The minimum atomic E-state index is -1.08. The quantitative estimate of drug-likeness (QED) is 0.465. The molecule has 0 saturated carbocycles. The van der Waals surface area contributed by atoms with Crippen molar-refractivity contribution in [1.29, 1.82) is 0 Å². The van der Waals surface area contributed by atoms with Crippen LogP contribution in [0.25, 0.3) is 11.1 Å². The molecule has 0 fully saturated rings. The summed E-state index contributed by atoms with van der Waals surface area (Å²) in [6, 6.07) is 20.0. The number of rotatable bonds is 7. The molecule has 0 aromatic heterocycles. The molecule has 0 radical (unpaired) electrons. The molecule has 1 aliphatic rings. The van der Waals surface area contributed by atoms with Crippen LogP contribution in [0.3, 0.4) is 0 Å². The summed E-state index contributed by atoms with van der Waals surface area (Å²) in [5, 5.41) is 14.3. The highest BCUT2D eigenvalue weighted by Crippen LogP contribution is 2.44. The van der Waals surface area contributed by atoms with Crippen molar-refractivity contribution >= 4 is 23.7 Å². The average molecular weight is 459 g/mol. The molecule has 0 aliphatic heterocycles. The van der Waals surface area contributed by atoms with E-state index in [-0.39, 0.29) is 18.9 Å². The van der Waals surface area contributed by atoms with E-state index in [4.69, 9.17) is 9.84 Å². The molecule has 0 unspecified atom stereocenters. The van der Waals surface area contributed by atoms with E-state index in [0.717, 1.165) is 22.3 Å². The SMILES string of the molecule is CC[C@@H](NC(=O)c1ccc(NC(=O)OCC2c3ccccc3-c3ccccc32)c(C)c1)C(=O)O. The third-order valence-corrected chi connectivity index (χ3v) is 6.08. The molecule has 3 aromatic carbocycles. The number of benzene rings is 3. The fourth-order valence-electron chi connectivity index (χ4n) is 4.27. The fourth-order valence-corrected chi connectivity index (χ4v) is 4.27. The predicted octanol–water partition coefficient (Wildman–Crippen LogP) is 4.95. The van der Waals surface area contributed by atoms with Gasteiger partial charge in [-0.1, -0.05) is 55.5 Å². The van der Waals surface area contributed by atoms with Crippen molar-refractivity contribution in [2.45, 2.75) is 32.2 Å². The Morgan fingerprint density at radius 1 is 0.971 bits per heavy atom. The van der Waals surface area contributed by atoms with Crippen LogP contribution in [0, 0.1) is 6.92 Å². The normalized spacial score (nSPS) is 12.9. The highest BCUT2D eigenvalue weighted by Gasteiger charge is 2.29. The van der Waals surface area contributed by atoms with Crippen molar-refractivity contribution in [3.63, 3.8) is 0 Å². The number of carbonyl (C=O) groups excluding carboxylic acids is 2. The topological polar surface area (TPSA) is 105 Å². The molecule has 34 heavy (non-hydrogen) atoms. The highest BCUT2D eigenvalue weighted by atomic mass is 16.5. The third-order valence-electron chi connectivity index (χ3n) is 6.08. The first kappa shape index (κ1) is 23.0. The minimum absolute atomic E-state index is 0.0361. The average Bonchev–Trinajstić information content (AvgIpc) is 3.16. The first-order valence-corrected chi connectivity index (χ1v) is 11.1. The Morgan fingerprint density at radius 3 is 2.15 bits per heavy atom. The van der Waals surface area contributed by atoms with Gasteiger partial charge in [0.25, 0.3) is 5.91 Å². The lowest BCUT2D eigenvalue weighted by atomic mass is 9.98. The molecule has 7 heteroatoms. The number of ether oxygens (including phenoxy) is 1. The number of aliphatic carboxylic acids is 1. The van der Waals surface area contributed by atoms with E-state index in [1.54, 1.807) is 26.0 Å². The van der Waals surface area contributed by atoms with Crippen LogP contribution in [0.15, 0.2) is 66.7 Å². The van der Waals surface area contributed by atoms with E-state index >= 15 is 0 Å². The van der Waals surface area contributed by atoms with Gasteiger partial charge in [0, 0.05) is 17.2 Å². The first-order chi connectivity index (χ1) is 16.4. The van der Waals surface area contributed by atoms with Gasteiger partial charge in [-0.2, -0.15) is 0 Å². The van der Waals surface area contributed by atoms with E-state index in [1.165, 1.54) is 6.07 Å². The summed E-state index contributed by atoms with van der Waals surface area (Å²) >= 11 is 0. The Kier molecular flexibility index (Phi) is 6.63. The van der Waals surface area contributed by atoms with Gasteiger partial charge in [-0.15, -0.1) is 0 Å². The van der Waals surface area contributed by atoms with Gasteiger partial charge < -0.3 is 15.2 Å². The summed E-state index contributed by atoms with van der Waals surface area (Å²) in [5.74, 6) is -1.60. The zero-order valence-corrected chi connectivity index (χ0v) is 19.0. The summed E-state index contributed by atoms with van der Waals surface area (Å²) < 4.78 is 5.58. The van der Waals surface area contributed by atoms with E-state index in [0.29, 0.717) is 16.8 Å². The molecule has 1 atom stereocenters. The van der Waals surface area contributed by atoms with Gasteiger partial charge >= 0.3 is 12.1 Å². The second-order valence-corrected chi connectivity index (χ2v) is 8.25. The van der Waals surface area contributed by atoms with Gasteiger partial charge in [-0.3, -0.25) is 10.1 Å².